The molecule has 2 amide bonds. The third kappa shape index (κ3) is 3.95. The molecule has 1 aliphatic rings. The molecule has 2 aromatic carbocycles. The molecule has 0 aliphatic carbocycles. The summed E-state index contributed by atoms with van der Waals surface area (Å²) in [7, 11) is 2.14. The second-order valence-corrected chi connectivity index (χ2v) is 7.20. The minimum absolute atomic E-state index is 0.0487. The Bertz CT molecular complexity index is 907. The molecule has 0 spiro atoms. The number of aromatic nitrogens is 2. The Kier molecular flexibility index (Phi) is 5.07. The molecular formula is C21H25N5O. The van der Waals surface area contributed by atoms with E-state index in [4.69, 9.17) is 0 Å². The van der Waals surface area contributed by atoms with Crippen LogP contribution in [0.5, 0.6) is 0 Å². The lowest BCUT2D eigenvalue weighted by molar-refractivity contribution is 0.147. The zero-order valence-corrected chi connectivity index (χ0v) is 15.5. The molecule has 0 bridgehead atoms. The monoisotopic (exact) mass is 363 g/mol. The highest BCUT2D eigenvalue weighted by Gasteiger charge is 2.30. The number of nitrogens with one attached hydrogen (secondary N) is 3. The lowest BCUT2D eigenvalue weighted by Gasteiger charge is -2.38. The van der Waals surface area contributed by atoms with Gasteiger partial charge in [0.25, 0.3) is 0 Å². The number of fused-ring (bicyclic) bond motifs is 1. The number of likely N-dealkylation sites (N-methyl/N-ethyl adjacent to an activating group) is 1. The van der Waals surface area contributed by atoms with Crippen LogP contribution in [0.25, 0.3) is 10.9 Å². The van der Waals surface area contributed by atoms with Crippen LogP contribution in [0.15, 0.2) is 54.7 Å². The number of anilines is 1. The van der Waals surface area contributed by atoms with E-state index in [9.17, 15) is 4.79 Å². The van der Waals surface area contributed by atoms with E-state index >= 15 is 0 Å². The number of hydrogen-bond donors (Lipinski definition) is 3. The summed E-state index contributed by atoms with van der Waals surface area (Å²) in [6.45, 7) is 1.06. The maximum absolute atomic E-state index is 12.8. The van der Waals surface area contributed by atoms with Gasteiger partial charge in [-0.1, -0.05) is 36.8 Å². The Morgan fingerprint density at radius 3 is 2.89 bits per heavy atom. The Morgan fingerprint density at radius 2 is 2.07 bits per heavy atom. The lowest BCUT2D eigenvalue weighted by Crippen LogP contribution is -2.47. The fourth-order valence-corrected chi connectivity index (χ4v) is 3.91. The maximum Gasteiger partial charge on any atom is 0.319 e. The van der Waals surface area contributed by atoms with Crippen molar-refractivity contribution in [3.05, 3.63) is 60.3 Å². The first kappa shape index (κ1) is 17.5. The number of aromatic amines is 1. The van der Waals surface area contributed by atoms with E-state index in [0.29, 0.717) is 6.04 Å². The number of carbonyl (C=O) groups excluding carboxylic acids is 1. The molecule has 6 heteroatoms. The van der Waals surface area contributed by atoms with Crippen molar-refractivity contribution in [3.8, 4) is 0 Å². The second kappa shape index (κ2) is 7.80. The molecule has 140 valence electrons. The molecule has 1 unspecified atom stereocenters. The Labute approximate surface area is 159 Å². The van der Waals surface area contributed by atoms with Gasteiger partial charge in [0.2, 0.25) is 0 Å². The van der Waals surface area contributed by atoms with Crippen LogP contribution in [0.3, 0.4) is 0 Å². The fourth-order valence-electron chi connectivity index (χ4n) is 3.91. The molecule has 3 N–H and O–H groups in total. The van der Waals surface area contributed by atoms with Gasteiger partial charge in [-0.2, -0.15) is 5.10 Å². The average molecular weight is 363 g/mol. The molecule has 2 heterocycles. The predicted molar refractivity (Wildman–Crippen MR) is 108 cm³/mol. The van der Waals surface area contributed by atoms with Gasteiger partial charge in [-0.15, -0.1) is 0 Å². The highest BCUT2D eigenvalue weighted by Crippen LogP contribution is 2.28. The zero-order chi connectivity index (χ0) is 18.6. The number of hydrogen-bond acceptors (Lipinski definition) is 3. The van der Waals surface area contributed by atoms with Crippen LogP contribution in [0.4, 0.5) is 10.5 Å². The molecular weight excluding hydrogens is 338 g/mol. The van der Waals surface area contributed by atoms with Gasteiger partial charge in [0.1, 0.15) is 0 Å². The molecule has 1 fully saturated rings. The van der Waals surface area contributed by atoms with Crippen molar-refractivity contribution in [2.75, 3.05) is 18.9 Å². The summed E-state index contributed by atoms with van der Waals surface area (Å²) in [5.74, 6) is 0. The summed E-state index contributed by atoms with van der Waals surface area (Å²) in [6.07, 6.45) is 5.25. The van der Waals surface area contributed by atoms with E-state index in [1.807, 2.05) is 36.4 Å². The molecule has 1 saturated heterocycles. The van der Waals surface area contributed by atoms with E-state index < -0.39 is 0 Å². The Morgan fingerprint density at radius 1 is 1.22 bits per heavy atom. The molecule has 1 aliphatic heterocycles. The molecule has 1 aromatic heterocycles. The van der Waals surface area contributed by atoms with E-state index in [-0.39, 0.29) is 12.1 Å². The molecule has 0 radical (unpaired) electrons. The van der Waals surface area contributed by atoms with Gasteiger partial charge < -0.3 is 15.5 Å². The first-order valence-electron chi connectivity index (χ1n) is 9.46. The summed E-state index contributed by atoms with van der Waals surface area (Å²) < 4.78 is 0. The van der Waals surface area contributed by atoms with Crippen LogP contribution in [0.1, 0.15) is 30.9 Å². The number of nitrogens with zero attached hydrogens (tertiary/aromatic N) is 2. The molecule has 2 atom stereocenters. The lowest BCUT2D eigenvalue weighted by atomic mass is 9.91. The summed E-state index contributed by atoms with van der Waals surface area (Å²) in [5.41, 5.74) is 2.78. The second-order valence-electron chi connectivity index (χ2n) is 7.20. The number of carbonyl (C=O) groups is 1. The smallest absolute Gasteiger partial charge is 0.319 e. The number of urea groups is 1. The molecule has 27 heavy (non-hydrogen) atoms. The average Bonchev–Trinajstić information content (AvgIpc) is 3.15. The topological polar surface area (TPSA) is 73.1 Å². The van der Waals surface area contributed by atoms with E-state index in [1.165, 1.54) is 12.8 Å². The maximum atomic E-state index is 12.8. The first-order valence-corrected chi connectivity index (χ1v) is 9.46. The number of piperidine rings is 1. The third-order valence-corrected chi connectivity index (χ3v) is 5.36. The van der Waals surface area contributed by atoms with Gasteiger partial charge in [-0.25, -0.2) is 4.79 Å². The molecule has 6 nitrogen and oxygen atoms in total. The van der Waals surface area contributed by atoms with E-state index in [2.05, 4.69) is 44.9 Å². The number of benzene rings is 2. The van der Waals surface area contributed by atoms with Crippen molar-refractivity contribution in [2.45, 2.75) is 31.3 Å². The highest BCUT2D eigenvalue weighted by atomic mass is 16.2. The van der Waals surface area contributed by atoms with E-state index in [0.717, 1.165) is 35.1 Å². The van der Waals surface area contributed by atoms with Crippen LogP contribution in [-0.4, -0.2) is 40.8 Å². The van der Waals surface area contributed by atoms with Crippen molar-refractivity contribution in [1.29, 1.82) is 0 Å². The molecule has 3 aromatic rings. The highest BCUT2D eigenvalue weighted by molar-refractivity contribution is 5.92. The minimum atomic E-state index is -0.193. The van der Waals surface area contributed by atoms with Gasteiger partial charge in [0, 0.05) is 17.1 Å². The standard InChI is InChI=1S/C21H25N5O/c1-26-12-6-5-9-19(26)20(15-7-3-2-4-8-15)24-21(27)23-17-11-10-16-14-22-25-18(16)13-17/h2-4,7-8,10-11,13-14,19-20H,5-6,9,12H2,1H3,(H,22,25)(H2,23,24,27)/t19-,20?/m0/s1. The summed E-state index contributed by atoms with van der Waals surface area (Å²) in [6, 6.07) is 16.0. The van der Waals surface area contributed by atoms with Crippen molar-refractivity contribution < 1.29 is 4.79 Å². The van der Waals surface area contributed by atoms with Crippen molar-refractivity contribution in [1.82, 2.24) is 20.4 Å². The van der Waals surface area contributed by atoms with Crippen LogP contribution < -0.4 is 10.6 Å². The zero-order valence-electron chi connectivity index (χ0n) is 15.5. The van der Waals surface area contributed by atoms with E-state index in [1.54, 1.807) is 6.20 Å². The number of likely N-dealkylation sites (tertiary alicyclic amines) is 1. The van der Waals surface area contributed by atoms with Gasteiger partial charge in [0.05, 0.1) is 17.8 Å². The fraction of sp³-hybridized carbons (Fsp3) is 0.333. The molecule has 0 saturated carbocycles. The SMILES string of the molecule is CN1CCCC[C@H]1C(NC(=O)Nc1ccc2cn[nH]c2c1)c1ccccc1. The number of H-pyrrole nitrogens is 1. The number of amides is 2. The summed E-state index contributed by atoms with van der Waals surface area (Å²) in [4.78, 5) is 15.1. The van der Waals surface area contributed by atoms with Gasteiger partial charge in [-0.05, 0) is 50.2 Å². The predicted octanol–water partition coefficient (Wildman–Crippen LogP) is 3.91. The van der Waals surface area contributed by atoms with Gasteiger partial charge in [0.15, 0.2) is 0 Å². The van der Waals surface area contributed by atoms with Gasteiger partial charge >= 0.3 is 6.03 Å². The molecule has 4 rings (SSSR count). The minimum Gasteiger partial charge on any atom is -0.329 e. The van der Waals surface area contributed by atoms with Crippen molar-refractivity contribution in [2.24, 2.45) is 0 Å². The normalized spacial score (nSPS) is 18.9. The Hall–Kier alpha value is -2.86. The van der Waals surface area contributed by atoms with Crippen LogP contribution in [0.2, 0.25) is 0 Å². The first-order chi connectivity index (χ1) is 13.2. The van der Waals surface area contributed by atoms with Crippen LogP contribution >= 0.6 is 0 Å². The summed E-state index contributed by atoms with van der Waals surface area (Å²) in [5, 5.41) is 14.1. The Balaban J connectivity index is 1.52. The van der Waals surface area contributed by atoms with Crippen LogP contribution in [-0.2, 0) is 0 Å². The van der Waals surface area contributed by atoms with Crippen LogP contribution in [0, 0.1) is 0 Å². The largest absolute Gasteiger partial charge is 0.329 e. The quantitative estimate of drug-likeness (QED) is 0.658. The summed E-state index contributed by atoms with van der Waals surface area (Å²) >= 11 is 0. The van der Waals surface area contributed by atoms with Crippen molar-refractivity contribution >= 4 is 22.6 Å². The van der Waals surface area contributed by atoms with Gasteiger partial charge in [-0.3, -0.25) is 5.10 Å². The van der Waals surface area contributed by atoms with Crippen molar-refractivity contribution in [3.63, 3.8) is 0 Å². The third-order valence-electron chi connectivity index (χ3n) is 5.36. The number of rotatable bonds is 4.